The van der Waals surface area contributed by atoms with Gasteiger partial charge in [0.2, 0.25) is 5.91 Å². The zero-order valence-corrected chi connectivity index (χ0v) is 21.3. The monoisotopic (exact) mass is 505 g/mol. The summed E-state index contributed by atoms with van der Waals surface area (Å²) in [4.78, 5) is 32.0. The van der Waals surface area contributed by atoms with Gasteiger partial charge in [-0.2, -0.15) is 0 Å². The van der Waals surface area contributed by atoms with E-state index >= 15 is 0 Å². The summed E-state index contributed by atoms with van der Waals surface area (Å²) in [5, 5.41) is 3.40. The van der Waals surface area contributed by atoms with Crippen LogP contribution < -0.4 is 10.1 Å². The Hall–Kier alpha value is -4.79. The lowest BCUT2D eigenvalue weighted by Gasteiger charge is -2.15. The van der Waals surface area contributed by atoms with Crippen LogP contribution >= 0.6 is 0 Å². The summed E-state index contributed by atoms with van der Waals surface area (Å²) in [5.74, 6) is 2.25. The third kappa shape index (κ3) is 4.43. The normalized spacial score (nSPS) is 15.2. The molecule has 1 amide bonds. The standard InChI is InChI=1S/C29H27N7O2/c1-4-27(37)36-12-11-19(15-36)22-7-8-23-28(34-22)29(31-16-30-23)33-20-5-10-26(18(2)13-20)38-21-6-9-25-24(14-21)32-17-35(25)3/h4-10,13-14,16-17,19H,1,11-12,15H2,2-3H3,(H,30,31,33)/t19-/m1/s1. The zero-order chi connectivity index (χ0) is 26.2. The van der Waals surface area contributed by atoms with Gasteiger partial charge in [-0.05, 0) is 67.4 Å². The number of carbonyl (C=O) groups excluding carboxylic acids is 1. The lowest BCUT2D eigenvalue weighted by molar-refractivity contribution is -0.125. The van der Waals surface area contributed by atoms with E-state index in [1.54, 1.807) is 6.33 Å². The van der Waals surface area contributed by atoms with Crippen LogP contribution in [-0.4, -0.2) is 48.4 Å². The number of rotatable bonds is 6. The summed E-state index contributed by atoms with van der Waals surface area (Å²) in [5.41, 5.74) is 6.16. The summed E-state index contributed by atoms with van der Waals surface area (Å²) in [6.45, 7) is 6.94. The first kappa shape index (κ1) is 23.6. The number of carbonyl (C=O) groups is 1. The molecule has 5 aromatic rings. The Labute approximate surface area is 219 Å². The first-order chi connectivity index (χ1) is 18.5. The van der Waals surface area contributed by atoms with E-state index in [1.165, 1.54) is 12.4 Å². The first-order valence-electron chi connectivity index (χ1n) is 12.5. The Bertz CT molecular complexity index is 1690. The molecule has 1 aliphatic rings. The second-order valence-corrected chi connectivity index (χ2v) is 9.51. The van der Waals surface area contributed by atoms with Crippen molar-refractivity contribution in [2.45, 2.75) is 19.3 Å². The van der Waals surface area contributed by atoms with Crippen molar-refractivity contribution in [2.24, 2.45) is 7.05 Å². The Morgan fingerprint density at radius 2 is 2.00 bits per heavy atom. The van der Waals surface area contributed by atoms with E-state index in [1.807, 2.05) is 72.0 Å². The number of aromatic nitrogens is 5. The summed E-state index contributed by atoms with van der Waals surface area (Å²) in [7, 11) is 1.97. The van der Waals surface area contributed by atoms with Crippen LogP contribution in [0.2, 0.25) is 0 Å². The number of nitrogens with one attached hydrogen (secondary N) is 1. The van der Waals surface area contributed by atoms with Crippen molar-refractivity contribution in [3.05, 3.63) is 85.1 Å². The van der Waals surface area contributed by atoms with E-state index in [-0.39, 0.29) is 11.8 Å². The number of pyridine rings is 1. The van der Waals surface area contributed by atoms with Crippen molar-refractivity contribution < 1.29 is 9.53 Å². The van der Waals surface area contributed by atoms with Crippen molar-refractivity contribution in [3.63, 3.8) is 0 Å². The van der Waals surface area contributed by atoms with Crippen LogP contribution in [0.15, 0.2) is 73.8 Å². The zero-order valence-electron chi connectivity index (χ0n) is 21.3. The molecule has 1 saturated heterocycles. The number of likely N-dealkylation sites (tertiary alicyclic amines) is 1. The number of hydrogen-bond donors (Lipinski definition) is 1. The number of nitrogens with zero attached hydrogens (tertiary/aromatic N) is 6. The third-order valence-corrected chi connectivity index (χ3v) is 6.96. The maximum Gasteiger partial charge on any atom is 0.245 e. The quantitative estimate of drug-likeness (QED) is 0.315. The summed E-state index contributed by atoms with van der Waals surface area (Å²) >= 11 is 0. The lowest BCUT2D eigenvalue weighted by Crippen LogP contribution is -2.26. The minimum Gasteiger partial charge on any atom is -0.457 e. The smallest absolute Gasteiger partial charge is 0.245 e. The highest BCUT2D eigenvalue weighted by molar-refractivity contribution is 5.88. The topological polar surface area (TPSA) is 98.1 Å². The molecule has 0 unspecified atom stereocenters. The van der Waals surface area contributed by atoms with Gasteiger partial charge < -0.3 is 19.5 Å². The number of imidazole rings is 1. The largest absolute Gasteiger partial charge is 0.457 e. The van der Waals surface area contributed by atoms with Crippen molar-refractivity contribution in [3.8, 4) is 11.5 Å². The lowest BCUT2D eigenvalue weighted by atomic mass is 10.0. The van der Waals surface area contributed by atoms with E-state index in [2.05, 4.69) is 26.8 Å². The first-order valence-corrected chi connectivity index (χ1v) is 12.5. The van der Waals surface area contributed by atoms with E-state index < -0.39 is 0 Å². The van der Waals surface area contributed by atoms with Gasteiger partial charge >= 0.3 is 0 Å². The van der Waals surface area contributed by atoms with Crippen LogP contribution in [0.1, 0.15) is 23.6 Å². The highest BCUT2D eigenvalue weighted by Gasteiger charge is 2.27. The molecule has 1 aliphatic heterocycles. The van der Waals surface area contributed by atoms with Gasteiger partial charge in [0.05, 0.1) is 22.9 Å². The fraction of sp³-hybridized carbons (Fsp3) is 0.207. The van der Waals surface area contributed by atoms with Crippen LogP contribution in [0.4, 0.5) is 11.5 Å². The number of amides is 1. The fourth-order valence-electron chi connectivity index (χ4n) is 4.89. The average molecular weight is 506 g/mol. The Balaban J connectivity index is 1.23. The molecule has 2 aromatic carbocycles. The fourth-order valence-corrected chi connectivity index (χ4v) is 4.89. The molecule has 0 saturated carbocycles. The Kier molecular flexibility index (Phi) is 5.95. The number of anilines is 2. The second kappa shape index (κ2) is 9.59. The van der Waals surface area contributed by atoms with Crippen LogP contribution in [-0.2, 0) is 11.8 Å². The molecule has 38 heavy (non-hydrogen) atoms. The van der Waals surface area contributed by atoms with Gasteiger partial charge in [-0.3, -0.25) is 4.79 Å². The number of aryl methyl sites for hydroxylation is 2. The van der Waals surface area contributed by atoms with E-state index in [0.29, 0.717) is 24.4 Å². The second-order valence-electron chi connectivity index (χ2n) is 9.51. The highest BCUT2D eigenvalue weighted by atomic mass is 16.5. The minimum atomic E-state index is -0.0425. The van der Waals surface area contributed by atoms with Gasteiger partial charge in [0.15, 0.2) is 5.82 Å². The van der Waals surface area contributed by atoms with Crippen molar-refractivity contribution >= 4 is 39.5 Å². The van der Waals surface area contributed by atoms with E-state index in [9.17, 15) is 4.79 Å². The Morgan fingerprint density at radius 3 is 2.84 bits per heavy atom. The molecule has 1 N–H and O–H groups in total. The highest BCUT2D eigenvalue weighted by Crippen LogP contribution is 2.32. The SMILES string of the molecule is C=CC(=O)N1CC[C@@H](c2ccc3ncnc(Nc4ccc(Oc5ccc6c(c5)ncn6C)c(C)c4)c3n2)C1. The van der Waals surface area contributed by atoms with Gasteiger partial charge in [0.25, 0.3) is 0 Å². The number of hydrogen-bond acceptors (Lipinski definition) is 7. The maximum atomic E-state index is 12.0. The summed E-state index contributed by atoms with van der Waals surface area (Å²) in [6.07, 6.45) is 5.55. The number of fused-ring (bicyclic) bond motifs is 2. The van der Waals surface area contributed by atoms with Crippen LogP contribution in [0.25, 0.3) is 22.1 Å². The molecule has 0 radical (unpaired) electrons. The van der Waals surface area contributed by atoms with Crippen LogP contribution in [0.3, 0.4) is 0 Å². The van der Waals surface area contributed by atoms with Gasteiger partial charge in [0.1, 0.15) is 23.3 Å². The molecular weight excluding hydrogens is 478 g/mol. The van der Waals surface area contributed by atoms with Gasteiger partial charge in [-0.25, -0.2) is 19.9 Å². The molecule has 0 spiro atoms. The molecule has 0 aliphatic carbocycles. The van der Waals surface area contributed by atoms with Crippen LogP contribution in [0, 0.1) is 6.92 Å². The van der Waals surface area contributed by atoms with E-state index in [0.717, 1.165) is 51.4 Å². The third-order valence-electron chi connectivity index (χ3n) is 6.96. The molecule has 0 bridgehead atoms. The Morgan fingerprint density at radius 1 is 1.11 bits per heavy atom. The number of ether oxygens (including phenoxy) is 1. The molecule has 190 valence electrons. The average Bonchev–Trinajstić information content (AvgIpc) is 3.57. The van der Waals surface area contributed by atoms with Crippen molar-refractivity contribution in [2.75, 3.05) is 18.4 Å². The maximum absolute atomic E-state index is 12.0. The molecule has 6 rings (SSSR count). The molecule has 3 aromatic heterocycles. The van der Waals surface area contributed by atoms with Crippen LogP contribution in [0.5, 0.6) is 11.5 Å². The van der Waals surface area contributed by atoms with Gasteiger partial charge in [-0.1, -0.05) is 6.58 Å². The predicted molar refractivity (Wildman–Crippen MR) is 147 cm³/mol. The van der Waals surface area contributed by atoms with Crippen molar-refractivity contribution in [1.29, 1.82) is 0 Å². The summed E-state index contributed by atoms with van der Waals surface area (Å²) < 4.78 is 8.14. The number of benzene rings is 2. The van der Waals surface area contributed by atoms with Gasteiger partial charge in [-0.15, -0.1) is 0 Å². The predicted octanol–water partition coefficient (Wildman–Crippen LogP) is 5.26. The molecule has 1 atom stereocenters. The molecule has 9 nitrogen and oxygen atoms in total. The summed E-state index contributed by atoms with van der Waals surface area (Å²) in [6, 6.07) is 15.7. The molecule has 9 heteroatoms. The van der Waals surface area contributed by atoms with Crippen molar-refractivity contribution in [1.82, 2.24) is 29.4 Å². The van der Waals surface area contributed by atoms with Gasteiger partial charge in [0, 0.05) is 43.5 Å². The molecule has 1 fully saturated rings. The minimum absolute atomic E-state index is 0.0425. The molecule has 4 heterocycles. The van der Waals surface area contributed by atoms with E-state index in [4.69, 9.17) is 9.72 Å². The molecular formula is C29H27N7O2.